The SMILES string of the molecule is Cc1cc(C)n(CCN(CCCCc2ccc3c(n2)NCCC3)CC[C@H](Nc2cncc(-c3ccccc3)[n+]2O)C(C)O)n1. The van der Waals surface area contributed by atoms with Crippen molar-refractivity contribution in [2.45, 2.75) is 78.0 Å². The summed E-state index contributed by atoms with van der Waals surface area (Å²) >= 11 is 0. The summed E-state index contributed by atoms with van der Waals surface area (Å²) in [6.07, 6.45) is 8.64. The Morgan fingerprint density at radius 1 is 1.07 bits per heavy atom. The zero-order chi connectivity index (χ0) is 30.9. The molecule has 10 heteroatoms. The van der Waals surface area contributed by atoms with E-state index in [0.717, 1.165) is 91.6 Å². The van der Waals surface area contributed by atoms with Gasteiger partial charge in [0, 0.05) is 43.0 Å². The summed E-state index contributed by atoms with van der Waals surface area (Å²) in [4.78, 5) is 11.7. The summed E-state index contributed by atoms with van der Waals surface area (Å²) < 4.78 is 3.19. The van der Waals surface area contributed by atoms with E-state index in [1.165, 1.54) is 12.0 Å². The number of hydrogen-bond donors (Lipinski definition) is 4. The molecule has 1 aliphatic heterocycles. The van der Waals surface area contributed by atoms with Crippen LogP contribution in [0.2, 0.25) is 0 Å². The first kappa shape index (κ1) is 31.4. The second-order valence-corrected chi connectivity index (χ2v) is 11.9. The molecule has 1 aromatic carbocycles. The quantitative estimate of drug-likeness (QED) is 0.0903. The van der Waals surface area contributed by atoms with Crippen LogP contribution in [-0.4, -0.2) is 73.3 Å². The van der Waals surface area contributed by atoms with Crippen molar-refractivity contribution in [1.29, 1.82) is 0 Å². The third-order valence-electron chi connectivity index (χ3n) is 8.43. The highest BCUT2D eigenvalue weighted by molar-refractivity contribution is 5.55. The minimum atomic E-state index is -0.628. The third-order valence-corrected chi connectivity index (χ3v) is 8.43. The largest absolute Gasteiger partial charge is 0.389 e. The zero-order valence-corrected chi connectivity index (χ0v) is 26.3. The molecule has 0 bridgehead atoms. The van der Waals surface area contributed by atoms with Gasteiger partial charge in [0.2, 0.25) is 0 Å². The van der Waals surface area contributed by atoms with Gasteiger partial charge in [-0.2, -0.15) is 5.10 Å². The second-order valence-electron chi connectivity index (χ2n) is 11.9. The molecule has 0 fully saturated rings. The number of aryl methyl sites for hydroxylation is 4. The third kappa shape index (κ3) is 8.33. The maximum atomic E-state index is 11.0. The average molecular weight is 600 g/mol. The van der Waals surface area contributed by atoms with Gasteiger partial charge in [-0.1, -0.05) is 36.4 Å². The molecule has 5 rings (SSSR count). The predicted octanol–water partition coefficient (Wildman–Crippen LogP) is 4.42. The number of aromatic nitrogens is 5. The van der Waals surface area contributed by atoms with Crippen molar-refractivity contribution < 1.29 is 15.0 Å². The number of aliphatic hydroxyl groups excluding tert-OH is 1. The van der Waals surface area contributed by atoms with E-state index in [4.69, 9.17) is 4.98 Å². The lowest BCUT2D eigenvalue weighted by molar-refractivity contribution is -0.885. The van der Waals surface area contributed by atoms with Crippen LogP contribution in [0.4, 0.5) is 11.6 Å². The van der Waals surface area contributed by atoms with Gasteiger partial charge in [-0.15, -0.1) is 0 Å². The molecule has 3 aromatic heterocycles. The van der Waals surface area contributed by atoms with Crippen molar-refractivity contribution in [3.8, 4) is 11.3 Å². The van der Waals surface area contributed by atoms with Gasteiger partial charge in [0.25, 0.3) is 0 Å². The van der Waals surface area contributed by atoms with Gasteiger partial charge in [0.1, 0.15) is 18.1 Å². The fraction of sp³-hybridized carbons (Fsp3) is 0.471. The van der Waals surface area contributed by atoms with Crippen LogP contribution >= 0.6 is 0 Å². The van der Waals surface area contributed by atoms with E-state index in [-0.39, 0.29) is 6.04 Å². The molecule has 4 heterocycles. The minimum Gasteiger partial charge on any atom is -0.389 e. The number of anilines is 2. The number of pyridine rings is 1. The van der Waals surface area contributed by atoms with Crippen molar-refractivity contribution in [1.82, 2.24) is 24.6 Å². The number of aliphatic hydroxyl groups is 1. The molecule has 0 amide bonds. The van der Waals surface area contributed by atoms with Gasteiger partial charge in [0.15, 0.2) is 5.69 Å². The van der Waals surface area contributed by atoms with Crippen LogP contribution in [0.25, 0.3) is 11.3 Å². The Balaban J connectivity index is 1.21. The molecule has 2 atom stereocenters. The van der Waals surface area contributed by atoms with Gasteiger partial charge in [-0.3, -0.25) is 15.0 Å². The monoisotopic (exact) mass is 599 g/mol. The van der Waals surface area contributed by atoms with Crippen LogP contribution in [0, 0.1) is 13.8 Å². The molecular formula is C34H47N8O2+. The summed E-state index contributed by atoms with van der Waals surface area (Å²) in [6, 6.07) is 15.9. The Labute approximate surface area is 260 Å². The van der Waals surface area contributed by atoms with E-state index in [9.17, 15) is 10.3 Å². The fourth-order valence-corrected chi connectivity index (χ4v) is 5.89. The molecular weight excluding hydrogens is 552 g/mol. The van der Waals surface area contributed by atoms with E-state index in [0.29, 0.717) is 17.9 Å². The molecule has 1 unspecified atom stereocenters. The highest BCUT2D eigenvalue weighted by Crippen LogP contribution is 2.21. The van der Waals surface area contributed by atoms with Crippen LogP contribution in [0.1, 0.15) is 55.3 Å². The molecule has 1 aliphatic rings. The number of hydrogen-bond acceptors (Lipinski definition) is 8. The molecule has 44 heavy (non-hydrogen) atoms. The van der Waals surface area contributed by atoms with Crippen LogP contribution in [0.5, 0.6) is 0 Å². The van der Waals surface area contributed by atoms with E-state index in [2.05, 4.69) is 55.4 Å². The first-order chi connectivity index (χ1) is 21.4. The van der Waals surface area contributed by atoms with Crippen molar-refractivity contribution in [3.63, 3.8) is 0 Å². The van der Waals surface area contributed by atoms with Crippen LogP contribution in [0.3, 0.4) is 0 Å². The van der Waals surface area contributed by atoms with Crippen LogP contribution in [0.15, 0.2) is 60.9 Å². The Morgan fingerprint density at radius 3 is 2.68 bits per heavy atom. The summed E-state index contributed by atoms with van der Waals surface area (Å²) in [5.74, 6) is 1.50. The van der Waals surface area contributed by atoms with E-state index in [1.807, 2.05) is 37.3 Å². The standard InChI is InChI=1S/C34H46N8O2/c1-25-22-26(2)41(39-25)21-20-40(18-8-7-13-30-15-14-29-12-9-17-36-34(29)37-30)19-16-31(27(3)43)38-33-24-35-23-32(42(33)44)28-10-5-4-6-11-28/h4-6,10-11,14-15,22-24,27,31,43-44H,7-9,12-13,16-21H2,1-3H3,(H,36,37)/p+1/t27?,31-/m0/s1. The molecule has 4 aromatic rings. The fourth-order valence-electron chi connectivity index (χ4n) is 5.89. The predicted molar refractivity (Wildman–Crippen MR) is 173 cm³/mol. The van der Waals surface area contributed by atoms with Crippen molar-refractivity contribution in [2.75, 3.05) is 36.8 Å². The maximum absolute atomic E-state index is 11.0. The Hall–Kier alpha value is -4.02. The van der Waals surface area contributed by atoms with E-state index in [1.54, 1.807) is 19.3 Å². The van der Waals surface area contributed by atoms with Gasteiger partial charge in [0.05, 0.1) is 24.5 Å². The number of nitrogens with zero attached hydrogens (tertiary/aromatic N) is 6. The molecule has 0 radical (unpaired) electrons. The highest BCUT2D eigenvalue weighted by atomic mass is 16.5. The highest BCUT2D eigenvalue weighted by Gasteiger charge is 2.25. The molecule has 4 N–H and O–H groups in total. The maximum Gasteiger partial charge on any atom is 0.333 e. The van der Waals surface area contributed by atoms with Gasteiger partial charge in [-0.05, 0) is 81.8 Å². The van der Waals surface area contributed by atoms with Gasteiger partial charge in [-0.25, -0.2) is 4.98 Å². The van der Waals surface area contributed by atoms with E-state index < -0.39 is 6.10 Å². The first-order valence-corrected chi connectivity index (χ1v) is 15.9. The minimum absolute atomic E-state index is 0.274. The number of nitrogens with one attached hydrogen (secondary N) is 2. The molecule has 234 valence electrons. The molecule has 0 saturated heterocycles. The lowest BCUT2D eigenvalue weighted by atomic mass is 10.1. The lowest BCUT2D eigenvalue weighted by Crippen LogP contribution is -2.43. The van der Waals surface area contributed by atoms with Crippen molar-refractivity contribution >= 4 is 11.6 Å². The Kier molecular flexibility index (Phi) is 10.8. The number of fused-ring (bicyclic) bond motifs is 1. The van der Waals surface area contributed by atoms with Crippen LogP contribution in [-0.2, 0) is 19.4 Å². The molecule has 0 saturated carbocycles. The summed E-state index contributed by atoms with van der Waals surface area (Å²) in [6.45, 7) is 10.3. The van der Waals surface area contributed by atoms with Crippen molar-refractivity contribution in [3.05, 3.63) is 83.6 Å². The topological polar surface area (TPSA) is 115 Å². The normalized spacial score (nSPS) is 14.2. The van der Waals surface area contributed by atoms with Gasteiger partial charge < -0.3 is 20.5 Å². The first-order valence-electron chi connectivity index (χ1n) is 15.9. The smallest absolute Gasteiger partial charge is 0.333 e. The number of rotatable bonds is 15. The molecule has 10 nitrogen and oxygen atoms in total. The van der Waals surface area contributed by atoms with Crippen LogP contribution < -0.4 is 15.4 Å². The van der Waals surface area contributed by atoms with Crippen molar-refractivity contribution in [2.24, 2.45) is 0 Å². The van der Waals surface area contributed by atoms with E-state index >= 15 is 0 Å². The Bertz CT molecular complexity index is 1490. The molecule has 0 aliphatic carbocycles. The Morgan fingerprint density at radius 2 is 1.91 bits per heavy atom. The van der Waals surface area contributed by atoms with Gasteiger partial charge >= 0.3 is 5.82 Å². The lowest BCUT2D eigenvalue weighted by Gasteiger charge is -2.25. The average Bonchev–Trinajstić information content (AvgIpc) is 3.36. The summed E-state index contributed by atoms with van der Waals surface area (Å²) in [5.41, 5.74) is 6.10. The summed E-state index contributed by atoms with van der Waals surface area (Å²) in [7, 11) is 0. The number of benzene rings is 1. The second kappa shape index (κ2) is 15.1. The summed E-state index contributed by atoms with van der Waals surface area (Å²) in [5, 5.41) is 33.2. The zero-order valence-electron chi connectivity index (χ0n) is 26.3. The molecule has 0 spiro atoms. The number of unbranched alkanes of at least 4 members (excludes halogenated alkanes) is 1.